The molecule has 0 aromatic rings. The minimum Gasteiger partial charge on any atom is -0.481 e. The Bertz CT molecular complexity index is 208. The van der Waals surface area contributed by atoms with E-state index in [0.29, 0.717) is 24.5 Å². The Kier molecular flexibility index (Phi) is 7.51. The summed E-state index contributed by atoms with van der Waals surface area (Å²) in [5, 5.41) is 8.98. The second kappa shape index (κ2) is 8.16. The number of carbonyl (C=O) groups excluding carboxylic acids is 1. The lowest BCUT2D eigenvalue weighted by molar-refractivity contribution is -0.137. The summed E-state index contributed by atoms with van der Waals surface area (Å²) in [6.45, 7) is 0. The lowest BCUT2D eigenvalue weighted by atomic mass is 10.1. The number of hydrogen-bond acceptors (Lipinski definition) is 5. The zero-order valence-electron chi connectivity index (χ0n) is 8.61. The van der Waals surface area contributed by atoms with Crippen LogP contribution in [0.5, 0.6) is 0 Å². The fourth-order valence-corrected chi connectivity index (χ4v) is 1.12. The third-order valence-electron chi connectivity index (χ3n) is 1.80. The molecule has 0 aliphatic rings. The standard InChI is InChI=1S/C8H18N4O3/c9-12(10)11-7(13)5-3-1-2-4-6-8(14)15/h1-6,9-10H2,(H,11,13)(H,14,15). The number of aliphatic carboxylic acids is 1. The normalized spacial score (nSPS) is 10.3. The van der Waals surface area contributed by atoms with Gasteiger partial charge in [-0.2, -0.15) is 0 Å². The van der Waals surface area contributed by atoms with Crippen molar-refractivity contribution >= 4 is 11.9 Å². The second-order valence-electron chi connectivity index (χ2n) is 3.25. The van der Waals surface area contributed by atoms with Gasteiger partial charge in [0.05, 0.1) is 0 Å². The molecule has 0 fully saturated rings. The molecule has 15 heavy (non-hydrogen) atoms. The van der Waals surface area contributed by atoms with E-state index >= 15 is 0 Å². The van der Waals surface area contributed by atoms with Crippen molar-refractivity contribution in [2.75, 3.05) is 0 Å². The number of hydrazine groups is 3. The van der Waals surface area contributed by atoms with Crippen LogP contribution in [0.25, 0.3) is 0 Å². The number of unbranched alkanes of at least 4 members (excludes halogenated alkanes) is 3. The van der Waals surface area contributed by atoms with Gasteiger partial charge in [-0.05, 0) is 12.8 Å². The Hall–Kier alpha value is -1.18. The van der Waals surface area contributed by atoms with Gasteiger partial charge in [-0.1, -0.05) is 18.1 Å². The summed E-state index contributed by atoms with van der Waals surface area (Å²) in [6, 6.07) is 0. The van der Waals surface area contributed by atoms with Crippen LogP contribution in [-0.4, -0.2) is 22.2 Å². The molecule has 6 N–H and O–H groups in total. The van der Waals surface area contributed by atoms with Crippen molar-refractivity contribution in [3.05, 3.63) is 0 Å². The van der Waals surface area contributed by atoms with Gasteiger partial charge < -0.3 is 5.11 Å². The van der Waals surface area contributed by atoms with Crippen LogP contribution in [0.1, 0.15) is 38.5 Å². The lowest BCUT2D eigenvalue weighted by Crippen LogP contribution is -2.51. The fourth-order valence-electron chi connectivity index (χ4n) is 1.12. The summed E-state index contributed by atoms with van der Waals surface area (Å²) < 4.78 is 0. The van der Waals surface area contributed by atoms with Crippen LogP contribution in [0.3, 0.4) is 0 Å². The van der Waals surface area contributed by atoms with Gasteiger partial charge in [-0.25, -0.2) is 11.7 Å². The smallest absolute Gasteiger partial charge is 0.303 e. The first-order valence-electron chi connectivity index (χ1n) is 4.83. The lowest BCUT2D eigenvalue weighted by Gasteiger charge is -2.10. The van der Waals surface area contributed by atoms with E-state index in [2.05, 4.69) is 5.43 Å². The average molecular weight is 218 g/mol. The van der Waals surface area contributed by atoms with E-state index in [4.69, 9.17) is 16.8 Å². The molecule has 0 saturated heterocycles. The van der Waals surface area contributed by atoms with Crippen molar-refractivity contribution in [2.24, 2.45) is 11.7 Å². The molecule has 0 rings (SSSR count). The summed E-state index contributed by atoms with van der Waals surface area (Å²) in [4.78, 5) is 21.2. The number of rotatable bonds is 8. The van der Waals surface area contributed by atoms with Gasteiger partial charge in [0, 0.05) is 12.8 Å². The number of carbonyl (C=O) groups is 2. The van der Waals surface area contributed by atoms with Crippen LogP contribution in [0.4, 0.5) is 0 Å². The molecule has 0 spiro atoms. The van der Waals surface area contributed by atoms with Gasteiger partial charge in [-0.3, -0.25) is 15.0 Å². The number of amides is 1. The first-order chi connectivity index (χ1) is 7.02. The Balaban J connectivity index is 3.24. The number of carboxylic acids is 1. The molecule has 1 amide bonds. The van der Waals surface area contributed by atoms with E-state index in [0.717, 1.165) is 12.8 Å². The summed E-state index contributed by atoms with van der Waals surface area (Å²) >= 11 is 0. The number of carboxylic acid groups (broad SMARTS) is 1. The number of nitrogens with one attached hydrogen (secondary N) is 1. The molecule has 7 heteroatoms. The summed E-state index contributed by atoms with van der Waals surface area (Å²) in [5.74, 6) is 8.96. The highest BCUT2D eigenvalue weighted by Crippen LogP contribution is 2.05. The molecule has 0 bridgehead atoms. The zero-order chi connectivity index (χ0) is 11.7. The number of nitrogens with two attached hydrogens (primary N) is 2. The number of nitrogens with zero attached hydrogens (tertiary/aromatic N) is 1. The van der Waals surface area contributed by atoms with Crippen LogP contribution in [0.2, 0.25) is 0 Å². The van der Waals surface area contributed by atoms with Crippen molar-refractivity contribution in [3.63, 3.8) is 0 Å². The van der Waals surface area contributed by atoms with Crippen LogP contribution in [0, 0.1) is 0 Å². The van der Waals surface area contributed by atoms with Crippen molar-refractivity contribution < 1.29 is 14.7 Å². The summed E-state index contributed by atoms with van der Waals surface area (Å²) in [6.07, 6.45) is 3.53. The molecule has 7 nitrogen and oxygen atoms in total. The molecule has 0 heterocycles. The molecule has 0 unspecified atom stereocenters. The molecule has 0 saturated carbocycles. The van der Waals surface area contributed by atoms with E-state index in [1.165, 1.54) is 0 Å². The maximum Gasteiger partial charge on any atom is 0.303 e. The molecule has 88 valence electrons. The first-order valence-corrected chi connectivity index (χ1v) is 4.83. The number of hydrogen-bond donors (Lipinski definition) is 4. The highest BCUT2D eigenvalue weighted by molar-refractivity contribution is 5.75. The zero-order valence-corrected chi connectivity index (χ0v) is 8.61. The second-order valence-corrected chi connectivity index (χ2v) is 3.25. The SMILES string of the molecule is NN(N)NC(=O)CCCCCCC(=O)O. The minimum absolute atomic E-state index is 0.186. The summed E-state index contributed by atoms with van der Waals surface area (Å²) in [5.41, 5.74) is 2.21. The van der Waals surface area contributed by atoms with Gasteiger partial charge in [-0.15, -0.1) is 0 Å². The van der Waals surface area contributed by atoms with Gasteiger partial charge in [0.25, 0.3) is 0 Å². The molecule has 0 radical (unpaired) electrons. The minimum atomic E-state index is -0.783. The van der Waals surface area contributed by atoms with Crippen LogP contribution in [-0.2, 0) is 9.59 Å². The van der Waals surface area contributed by atoms with Gasteiger partial charge >= 0.3 is 5.97 Å². The molecular weight excluding hydrogens is 200 g/mol. The third kappa shape index (κ3) is 10.7. The third-order valence-corrected chi connectivity index (χ3v) is 1.80. The molecule has 0 atom stereocenters. The van der Waals surface area contributed by atoms with E-state index in [1.807, 2.05) is 0 Å². The van der Waals surface area contributed by atoms with Crippen molar-refractivity contribution in [1.29, 1.82) is 0 Å². The van der Waals surface area contributed by atoms with Gasteiger partial charge in [0.2, 0.25) is 5.91 Å². The van der Waals surface area contributed by atoms with Crippen LogP contribution >= 0.6 is 0 Å². The Labute approximate surface area is 88.3 Å². The topological polar surface area (TPSA) is 122 Å². The largest absolute Gasteiger partial charge is 0.481 e. The van der Waals surface area contributed by atoms with Gasteiger partial charge in [0.15, 0.2) is 0 Å². The molecule has 0 aromatic carbocycles. The quantitative estimate of drug-likeness (QED) is 0.247. The molecular formula is C8H18N4O3. The van der Waals surface area contributed by atoms with Gasteiger partial charge in [0.1, 0.15) is 0 Å². The van der Waals surface area contributed by atoms with Crippen LogP contribution < -0.4 is 17.1 Å². The molecule has 0 aromatic heterocycles. The Morgan fingerprint density at radius 1 is 1.07 bits per heavy atom. The van der Waals surface area contributed by atoms with E-state index < -0.39 is 5.97 Å². The van der Waals surface area contributed by atoms with Crippen LogP contribution in [0.15, 0.2) is 0 Å². The van der Waals surface area contributed by atoms with Crippen molar-refractivity contribution in [3.8, 4) is 0 Å². The Morgan fingerprint density at radius 2 is 1.60 bits per heavy atom. The molecule has 0 aliphatic heterocycles. The average Bonchev–Trinajstić information content (AvgIpc) is 2.09. The van der Waals surface area contributed by atoms with E-state index in [1.54, 1.807) is 0 Å². The van der Waals surface area contributed by atoms with Crippen molar-refractivity contribution in [1.82, 2.24) is 10.7 Å². The Morgan fingerprint density at radius 3 is 2.07 bits per heavy atom. The summed E-state index contributed by atoms with van der Waals surface area (Å²) in [7, 11) is 0. The molecule has 0 aliphatic carbocycles. The maximum atomic E-state index is 11.0. The van der Waals surface area contributed by atoms with E-state index in [-0.39, 0.29) is 12.3 Å². The monoisotopic (exact) mass is 218 g/mol. The fraction of sp³-hybridized carbons (Fsp3) is 0.750. The highest BCUT2D eigenvalue weighted by atomic mass is 16.4. The highest BCUT2D eigenvalue weighted by Gasteiger charge is 2.02. The predicted molar refractivity (Wildman–Crippen MR) is 53.7 cm³/mol. The van der Waals surface area contributed by atoms with Crippen molar-refractivity contribution in [2.45, 2.75) is 38.5 Å². The maximum absolute atomic E-state index is 11.0. The first kappa shape index (κ1) is 13.8. The predicted octanol–water partition coefficient (Wildman–Crippen LogP) is -0.508. The van der Waals surface area contributed by atoms with E-state index in [9.17, 15) is 9.59 Å².